The third-order valence-corrected chi connectivity index (χ3v) is 4.46. The van der Waals surface area contributed by atoms with E-state index in [-0.39, 0.29) is 73.5 Å². The largest absolute Gasteiger partial charge is 0.444 e. The van der Waals surface area contributed by atoms with Gasteiger partial charge in [-0.2, -0.15) is 0 Å². The number of hydrogen-bond acceptors (Lipinski definition) is 7. The lowest BCUT2D eigenvalue weighted by molar-refractivity contribution is -0.159. The average Bonchev–Trinajstić information content (AvgIpc) is 2.53. The first-order valence-electron chi connectivity index (χ1n) is 10.2. The molecule has 0 spiro atoms. The number of carbonyl (C=O) groups excluding carboxylic acids is 3. The van der Waals surface area contributed by atoms with Gasteiger partial charge in [0.15, 0.2) is 0 Å². The number of halogens is 1. The van der Waals surface area contributed by atoms with Crippen LogP contribution in [0.4, 0.5) is 4.79 Å². The molecule has 1 rings (SSSR count). The molecule has 184 valence electrons. The number of ether oxygens (including phenoxy) is 2. The van der Waals surface area contributed by atoms with Gasteiger partial charge in [0.1, 0.15) is 18.8 Å². The molecule has 1 saturated heterocycles. The predicted octanol–water partition coefficient (Wildman–Crippen LogP) is 2.09. The number of rotatable bonds is 4. The van der Waals surface area contributed by atoms with Crippen LogP contribution < -0.4 is 11.1 Å². The third-order valence-electron chi connectivity index (χ3n) is 4.46. The Labute approximate surface area is 192 Å². The van der Waals surface area contributed by atoms with Crippen LogP contribution in [0.25, 0.3) is 0 Å². The van der Waals surface area contributed by atoms with Crippen LogP contribution in [-0.4, -0.2) is 72.0 Å². The Morgan fingerprint density at radius 1 is 1.06 bits per heavy atom. The van der Waals surface area contributed by atoms with E-state index in [9.17, 15) is 14.4 Å². The summed E-state index contributed by atoms with van der Waals surface area (Å²) in [7, 11) is 0. The summed E-state index contributed by atoms with van der Waals surface area (Å²) in [4.78, 5) is 35.4. The molecule has 1 aliphatic heterocycles. The Kier molecular flexibility index (Phi) is 12.9. The molecule has 0 aromatic carbocycles. The summed E-state index contributed by atoms with van der Waals surface area (Å²) in [5.74, 6) is -0.600. The van der Waals surface area contributed by atoms with E-state index < -0.39 is 11.7 Å². The van der Waals surface area contributed by atoms with E-state index in [4.69, 9.17) is 20.3 Å². The van der Waals surface area contributed by atoms with E-state index in [1.165, 1.54) is 4.90 Å². The number of carbonyl (C=O) groups is 3. The first-order chi connectivity index (χ1) is 13.4. The summed E-state index contributed by atoms with van der Waals surface area (Å²) in [6.45, 7) is 17.3. The molecule has 1 heterocycles. The topological polar surface area (TPSA) is 131 Å². The molecular formula is C21H42ClN3O6. The Morgan fingerprint density at radius 2 is 1.52 bits per heavy atom. The van der Waals surface area contributed by atoms with Crippen molar-refractivity contribution in [3.63, 3.8) is 0 Å². The van der Waals surface area contributed by atoms with Crippen molar-refractivity contribution in [3.8, 4) is 0 Å². The number of hydrogen-bond donors (Lipinski definition) is 3. The van der Waals surface area contributed by atoms with E-state index in [1.807, 2.05) is 41.5 Å². The van der Waals surface area contributed by atoms with E-state index in [1.54, 1.807) is 20.8 Å². The Morgan fingerprint density at radius 3 is 1.84 bits per heavy atom. The van der Waals surface area contributed by atoms with Crippen molar-refractivity contribution >= 4 is 30.3 Å². The van der Waals surface area contributed by atoms with Crippen LogP contribution in [0.5, 0.6) is 0 Å². The van der Waals surface area contributed by atoms with Crippen LogP contribution in [0.1, 0.15) is 62.3 Å². The molecule has 1 aliphatic rings. The zero-order chi connectivity index (χ0) is 23.9. The lowest BCUT2D eigenvalue weighted by atomic mass is 9.87. The zero-order valence-corrected chi connectivity index (χ0v) is 21.2. The summed E-state index contributed by atoms with van der Waals surface area (Å²) in [6.07, 6.45) is -0.489. The number of imide groups is 1. The summed E-state index contributed by atoms with van der Waals surface area (Å²) in [5, 5.41) is 11.8. The molecule has 0 radical (unpaired) electrons. The number of amides is 3. The van der Waals surface area contributed by atoms with E-state index in [2.05, 4.69) is 5.32 Å². The highest BCUT2D eigenvalue weighted by Gasteiger charge is 2.31. The first kappa shape index (κ1) is 31.8. The van der Waals surface area contributed by atoms with Crippen molar-refractivity contribution in [1.82, 2.24) is 10.2 Å². The fraction of sp³-hybridized carbons (Fsp3) is 0.857. The minimum atomic E-state index is -0.512. The number of nitrogens with two attached hydrogens (primary N) is 1. The first-order valence-corrected chi connectivity index (χ1v) is 10.2. The number of nitrogens with zero attached hydrogens (tertiary/aromatic N) is 1. The Balaban J connectivity index is 0. The summed E-state index contributed by atoms with van der Waals surface area (Å²) >= 11 is 0. The molecule has 0 unspecified atom stereocenters. The van der Waals surface area contributed by atoms with Crippen LogP contribution in [0, 0.1) is 10.8 Å². The quantitative estimate of drug-likeness (QED) is 0.539. The van der Waals surface area contributed by atoms with Crippen LogP contribution in [0.3, 0.4) is 0 Å². The Hall–Kier alpha value is -1.42. The zero-order valence-electron chi connectivity index (χ0n) is 20.4. The van der Waals surface area contributed by atoms with Crippen molar-refractivity contribution < 1.29 is 29.0 Å². The maximum Gasteiger partial charge on any atom is 0.407 e. The van der Waals surface area contributed by atoms with E-state index in [0.29, 0.717) is 0 Å². The highest BCUT2D eigenvalue weighted by Crippen LogP contribution is 2.20. The molecule has 9 nitrogen and oxygen atoms in total. The van der Waals surface area contributed by atoms with Crippen molar-refractivity contribution in [2.24, 2.45) is 16.6 Å². The van der Waals surface area contributed by atoms with Crippen molar-refractivity contribution in [2.75, 3.05) is 26.4 Å². The molecule has 0 bridgehead atoms. The molecule has 4 N–H and O–H groups in total. The van der Waals surface area contributed by atoms with E-state index >= 15 is 0 Å². The predicted molar refractivity (Wildman–Crippen MR) is 122 cm³/mol. The van der Waals surface area contributed by atoms with Gasteiger partial charge in [0, 0.05) is 12.6 Å². The van der Waals surface area contributed by atoms with Crippen LogP contribution in [0.15, 0.2) is 0 Å². The molecule has 0 aromatic rings. The summed E-state index contributed by atoms with van der Waals surface area (Å²) in [6, 6.07) is -0.518. The number of aliphatic hydroxyl groups is 1. The SMILES string of the molecule is CC(C)(C)OC(=O)N[C@H](CO)C(C)(C)C.CC(C)(C)[C@H](N)CN1C(=O)COCC1=O.Cl. The molecule has 0 aromatic heterocycles. The summed E-state index contributed by atoms with van der Waals surface area (Å²) in [5.41, 5.74) is 5.09. The van der Waals surface area contributed by atoms with Gasteiger partial charge in [0.05, 0.1) is 12.6 Å². The number of alkyl carbamates (subject to hydrolysis) is 1. The highest BCUT2D eigenvalue weighted by molar-refractivity contribution is 5.98. The lowest BCUT2D eigenvalue weighted by Gasteiger charge is -2.33. The lowest BCUT2D eigenvalue weighted by Crippen LogP contribution is -2.53. The normalized spacial score (nSPS) is 17.1. The molecule has 0 saturated carbocycles. The molecule has 31 heavy (non-hydrogen) atoms. The van der Waals surface area contributed by atoms with Crippen molar-refractivity contribution in [3.05, 3.63) is 0 Å². The van der Waals surface area contributed by atoms with Gasteiger partial charge in [-0.25, -0.2) is 4.79 Å². The Bertz CT molecular complexity index is 577. The molecule has 1 fully saturated rings. The van der Waals surface area contributed by atoms with Gasteiger partial charge in [0.25, 0.3) is 11.8 Å². The van der Waals surface area contributed by atoms with Gasteiger partial charge < -0.3 is 25.6 Å². The third kappa shape index (κ3) is 12.9. The highest BCUT2D eigenvalue weighted by atomic mass is 35.5. The molecule has 0 aliphatic carbocycles. The van der Waals surface area contributed by atoms with E-state index in [0.717, 1.165) is 0 Å². The maximum absolute atomic E-state index is 11.4. The second kappa shape index (κ2) is 12.6. The molecule has 3 amide bonds. The summed E-state index contributed by atoms with van der Waals surface area (Å²) < 4.78 is 9.91. The molecular weight excluding hydrogens is 426 g/mol. The smallest absolute Gasteiger partial charge is 0.407 e. The van der Waals surface area contributed by atoms with Gasteiger partial charge in [-0.15, -0.1) is 12.4 Å². The second-order valence-electron chi connectivity index (χ2n) is 10.6. The van der Waals surface area contributed by atoms with Crippen LogP contribution >= 0.6 is 12.4 Å². The van der Waals surface area contributed by atoms with Crippen LogP contribution in [-0.2, 0) is 19.1 Å². The van der Waals surface area contributed by atoms with Gasteiger partial charge >= 0.3 is 6.09 Å². The van der Waals surface area contributed by atoms with Crippen LogP contribution in [0.2, 0.25) is 0 Å². The number of aliphatic hydroxyl groups excluding tert-OH is 1. The minimum absolute atomic E-state index is 0. The van der Waals surface area contributed by atoms with Gasteiger partial charge in [0.2, 0.25) is 0 Å². The minimum Gasteiger partial charge on any atom is -0.444 e. The fourth-order valence-corrected chi connectivity index (χ4v) is 2.18. The fourth-order valence-electron chi connectivity index (χ4n) is 2.18. The maximum atomic E-state index is 11.4. The van der Waals surface area contributed by atoms with Gasteiger partial charge in [-0.05, 0) is 31.6 Å². The van der Waals surface area contributed by atoms with Crippen molar-refractivity contribution in [1.29, 1.82) is 0 Å². The second-order valence-corrected chi connectivity index (χ2v) is 10.6. The van der Waals surface area contributed by atoms with Gasteiger partial charge in [-0.3, -0.25) is 14.5 Å². The number of nitrogens with one attached hydrogen (secondary N) is 1. The van der Waals surface area contributed by atoms with Gasteiger partial charge in [-0.1, -0.05) is 41.5 Å². The number of morpholine rings is 1. The van der Waals surface area contributed by atoms with Crippen molar-refractivity contribution in [2.45, 2.75) is 80.0 Å². The standard InChI is InChI=1S/C11H23NO3.C10H18N2O3.ClH/c1-10(2,3)8(7-13)12-9(14)15-11(4,5)6;1-10(2,3)7(11)4-12-8(13)5-15-6-9(12)14;/h8,13H,7H2,1-6H3,(H,12,14);7H,4-6,11H2,1-3H3;1H/t8-;7-;/m11./s1. The molecule has 10 heteroatoms. The average molecular weight is 468 g/mol. The molecule has 2 atom stereocenters. The monoisotopic (exact) mass is 467 g/mol.